The standard InChI is InChI=1S/C21H20ClN3O2/c1-13-15(22)6-4-7-16(13)24-21(27)20(26)19-14-5-2-3-8-17(14)25-12-11-23-10-9-18(19)25/h2-8,23H,9-12H2,1H3,(H,24,27). The van der Waals surface area contributed by atoms with Crippen molar-refractivity contribution < 1.29 is 9.59 Å². The highest BCUT2D eigenvalue weighted by atomic mass is 35.5. The smallest absolute Gasteiger partial charge is 0.296 e. The average molecular weight is 382 g/mol. The van der Waals surface area contributed by atoms with Crippen LogP contribution in [0, 0.1) is 6.92 Å². The van der Waals surface area contributed by atoms with Gasteiger partial charge in [-0.2, -0.15) is 0 Å². The molecule has 138 valence electrons. The van der Waals surface area contributed by atoms with Gasteiger partial charge in [-0.1, -0.05) is 35.9 Å². The summed E-state index contributed by atoms with van der Waals surface area (Å²) in [6, 6.07) is 13.0. The molecule has 0 fully saturated rings. The minimum Gasteiger partial charge on any atom is -0.343 e. The quantitative estimate of drug-likeness (QED) is 0.538. The molecule has 2 heterocycles. The molecule has 0 saturated heterocycles. The van der Waals surface area contributed by atoms with E-state index in [2.05, 4.69) is 15.2 Å². The Labute approximate surface area is 162 Å². The van der Waals surface area contributed by atoms with Crippen LogP contribution >= 0.6 is 11.6 Å². The number of ketones is 1. The van der Waals surface area contributed by atoms with Gasteiger partial charge in [0.2, 0.25) is 0 Å². The molecular formula is C21H20ClN3O2. The van der Waals surface area contributed by atoms with Crippen LogP contribution in [-0.2, 0) is 17.8 Å². The van der Waals surface area contributed by atoms with Gasteiger partial charge in [0.05, 0.1) is 5.56 Å². The Balaban J connectivity index is 1.75. The molecule has 0 bridgehead atoms. The van der Waals surface area contributed by atoms with Crippen molar-refractivity contribution in [3.8, 4) is 0 Å². The molecule has 1 aliphatic heterocycles. The number of halogens is 1. The summed E-state index contributed by atoms with van der Waals surface area (Å²) in [5, 5.41) is 7.46. The van der Waals surface area contributed by atoms with Crippen molar-refractivity contribution in [2.24, 2.45) is 0 Å². The Morgan fingerprint density at radius 2 is 1.93 bits per heavy atom. The molecule has 27 heavy (non-hydrogen) atoms. The predicted molar refractivity (Wildman–Crippen MR) is 108 cm³/mol. The van der Waals surface area contributed by atoms with Gasteiger partial charge in [-0.3, -0.25) is 9.59 Å². The fraction of sp³-hybridized carbons (Fsp3) is 0.238. The number of benzene rings is 2. The number of hydrogen-bond acceptors (Lipinski definition) is 3. The van der Waals surface area contributed by atoms with Gasteiger partial charge in [-0.15, -0.1) is 0 Å². The van der Waals surface area contributed by atoms with Crippen molar-refractivity contribution in [3.05, 3.63) is 64.3 Å². The van der Waals surface area contributed by atoms with Gasteiger partial charge in [-0.25, -0.2) is 0 Å². The molecule has 3 aromatic rings. The molecule has 4 rings (SSSR count). The molecule has 1 aromatic heterocycles. The number of para-hydroxylation sites is 1. The minimum atomic E-state index is -0.642. The number of carbonyl (C=O) groups is 2. The minimum absolute atomic E-state index is 0.506. The van der Waals surface area contributed by atoms with Crippen molar-refractivity contribution in [2.75, 3.05) is 18.4 Å². The number of aromatic nitrogens is 1. The van der Waals surface area contributed by atoms with E-state index in [0.29, 0.717) is 22.7 Å². The third kappa shape index (κ3) is 3.13. The predicted octanol–water partition coefficient (Wildman–Crippen LogP) is 3.57. The Kier molecular flexibility index (Phi) is 4.72. The Hall–Kier alpha value is -2.63. The molecule has 2 N–H and O–H groups in total. The molecule has 1 aliphatic rings. The molecule has 0 saturated carbocycles. The van der Waals surface area contributed by atoms with Crippen molar-refractivity contribution in [2.45, 2.75) is 19.9 Å². The van der Waals surface area contributed by atoms with Crippen LogP contribution in [0.15, 0.2) is 42.5 Å². The van der Waals surface area contributed by atoms with Gasteiger partial charge in [0.25, 0.3) is 11.7 Å². The average Bonchev–Trinajstić information content (AvgIpc) is 2.81. The number of carbonyl (C=O) groups excluding carboxylic acids is 2. The first-order valence-electron chi connectivity index (χ1n) is 8.99. The lowest BCUT2D eigenvalue weighted by molar-refractivity contribution is -0.112. The summed E-state index contributed by atoms with van der Waals surface area (Å²) in [6.07, 6.45) is 0.708. The van der Waals surface area contributed by atoms with E-state index in [-0.39, 0.29) is 0 Å². The molecule has 0 unspecified atom stereocenters. The van der Waals surface area contributed by atoms with Gasteiger partial charge in [-0.05, 0) is 30.7 Å². The Morgan fingerprint density at radius 3 is 2.78 bits per heavy atom. The first-order chi connectivity index (χ1) is 13.1. The lowest BCUT2D eigenvalue weighted by Crippen LogP contribution is -2.24. The van der Waals surface area contributed by atoms with E-state index in [9.17, 15) is 9.59 Å². The second kappa shape index (κ2) is 7.18. The van der Waals surface area contributed by atoms with Gasteiger partial charge in [0, 0.05) is 53.4 Å². The fourth-order valence-corrected chi connectivity index (χ4v) is 3.86. The highest BCUT2D eigenvalue weighted by molar-refractivity contribution is 6.49. The monoisotopic (exact) mass is 381 g/mol. The summed E-state index contributed by atoms with van der Waals surface area (Å²) < 4.78 is 2.15. The first kappa shape index (κ1) is 17.8. The van der Waals surface area contributed by atoms with Crippen molar-refractivity contribution in [1.82, 2.24) is 9.88 Å². The van der Waals surface area contributed by atoms with Crippen LogP contribution in [0.5, 0.6) is 0 Å². The van der Waals surface area contributed by atoms with E-state index in [4.69, 9.17) is 11.6 Å². The highest BCUT2D eigenvalue weighted by Gasteiger charge is 2.27. The molecule has 2 aromatic carbocycles. The molecule has 0 radical (unpaired) electrons. The normalized spacial score (nSPS) is 13.9. The Morgan fingerprint density at radius 1 is 1.11 bits per heavy atom. The van der Waals surface area contributed by atoms with E-state index in [1.807, 2.05) is 31.2 Å². The number of fused-ring (bicyclic) bond motifs is 3. The number of hydrogen-bond donors (Lipinski definition) is 2. The van der Waals surface area contributed by atoms with Crippen molar-refractivity contribution in [1.29, 1.82) is 0 Å². The highest BCUT2D eigenvalue weighted by Crippen LogP contribution is 2.29. The summed E-state index contributed by atoms with van der Waals surface area (Å²) in [4.78, 5) is 25.9. The molecule has 0 aliphatic carbocycles. The summed E-state index contributed by atoms with van der Waals surface area (Å²) in [7, 11) is 0. The topological polar surface area (TPSA) is 63.1 Å². The van der Waals surface area contributed by atoms with Crippen LogP contribution in [0.3, 0.4) is 0 Å². The number of nitrogens with zero attached hydrogens (tertiary/aromatic N) is 1. The van der Waals surface area contributed by atoms with Crippen LogP contribution in [0.2, 0.25) is 5.02 Å². The number of nitrogens with one attached hydrogen (secondary N) is 2. The molecular weight excluding hydrogens is 362 g/mol. The maximum absolute atomic E-state index is 13.1. The second-order valence-corrected chi connectivity index (χ2v) is 7.09. The van der Waals surface area contributed by atoms with Crippen molar-refractivity contribution in [3.63, 3.8) is 0 Å². The zero-order valence-electron chi connectivity index (χ0n) is 15.0. The number of rotatable bonds is 3. The zero-order chi connectivity index (χ0) is 19.0. The maximum atomic E-state index is 13.1. The lowest BCUT2D eigenvalue weighted by atomic mass is 10.0. The third-order valence-electron chi connectivity index (χ3n) is 5.08. The summed E-state index contributed by atoms with van der Waals surface area (Å²) in [5.41, 5.74) is 3.71. The van der Waals surface area contributed by atoms with E-state index < -0.39 is 11.7 Å². The summed E-state index contributed by atoms with van der Waals surface area (Å²) >= 11 is 6.12. The lowest BCUT2D eigenvalue weighted by Gasteiger charge is -2.10. The fourth-order valence-electron chi connectivity index (χ4n) is 3.68. The maximum Gasteiger partial charge on any atom is 0.296 e. The molecule has 0 spiro atoms. The molecule has 0 atom stereocenters. The summed E-state index contributed by atoms with van der Waals surface area (Å²) in [5.74, 6) is -1.15. The molecule has 1 amide bonds. The van der Waals surface area contributed by atoms with E-state index in [1.165, 1.54) is 0 Å². The van der Waals surface area contributed by atoms with Crippen LogP contribution in [0.1, 0.15) is 21.6 Å². The van der Waals surface area contributed by atoms with E-state index in [0.717, 1.165) is 41.8 Å². The Bertz CT molecular complexity index is 1060. The van der Waals surface area contributed by atoms with Gasteiger partial charge >= 0.3 is 0 Å². The number of anilines is 1. The largest absolute Gasteiger partial charge is 0.343 e. The van der Waals surface area contributed by atoms with Gasteiger partial charge in [0.15, 0.2) is 0 Å². The summed E-state index contributed by atoms with van der Waals surface area (Å²) in [6.45, 7) is 4.21. The van der Waals surface area contributed by atoms with Crippen LogP contribution in [0.4, 0.5) is 5.69 Å². The van der Waals surface area contributed by atoms with Gasteiger partial charge in [0.1, 0.15) is 0 Å². The molecule has 6 heteroatoms. The van der Waals surface area contributed by atoms with E-state index in [1.54, 1.807) is 18.2 Å². The first-order valence-corrected chi connectivity index (χ1v) is 9.37. The van der Waals surface area contributed by atoms with Crippen molar-refractivity contribution >= 4 is 39.9 Å². The van der Waals surface area contributed by atoms with Crippen LogP contribution in [0.25, 0.3) is 10.9 Å². The van der Waals surface area contributed by atoms with E-state index >= 15 is 0 Å². The zero-order valence-corrected chi connectivity index (χ0v) is 15.8. The third-order valence-corrected chi connectivity index (χ3v) is 5.49. The SMILES string of the molecule is Cc1c(Cl)cccc1NC(=O)C(=O)c1c2n(c3ccccc13)CCNCC2. The number of Topliss-reactive ketones (excluding diaryl/α,β-unsaturated/α-hetero) is 1. The van der Waals surface area contributed by atoms with Crippen LogP contribution < -0.4 is 10.6 Å². The van der Waals surface area contributed by atoms with Crippen LogP contribution in [-0.4, -0.2) is 29.3 Å². The number of amides is 1. The second-order valence-electron chi connectivity index (χ2n) is 6.69. The van der Waals surface area contributed by atoms with Gasteiger partial charge < -0.3 is 15.2 Å². The molecule has 5 nitrogen and oxygen atoms in total.